The van der Waals surface area contributed by atoms with Crippen LogP contribution < -0.4 is 5.32 Å². The second kappa shape index (κ2) is 6.00. The predicted octanol–water partition coefficient (Wildman–Crippen LogP) is 1.55. The van der Waals surface area contributed by atoms with Crippen LogP contribution >= 0.6 is 0 Å². The van der Waals surface area contributed by atoms with E-state index in [4.69, 9.17) is 10.00 Å². The maximum absolute atomic E-state index is 8.89. The van der Waals surface area contributed by atoms with E-state index >= 15 is 0 Å². The summed E-state index contributed by atoms with van der Waals surface area (Å²) < 4.78 is 5.07. The second-order valence-corrected chi connectivity index (χ2v) is 4.24. The molecule has 0 spiro atoms. The van der Waals surface area contributed by atoms with Gasteiger partial charge in [-0.15, -0.1) is 0 Å². The van der Waals surface area contributed by atoms with Gasteiger partial charge >= 0.3 is 0 Å². The predicted molar refractivity (Wildman–Crippen MR) is 55.8 cm³/mol. The molecule has 1 fully saturated rings. The van der Waals surface area contributed by atoms with Crippen LogP contribution in [0, 0.1) is 23.2 Å². The van der Waals surface area contributed by atoms with E-state index in [9.17, 15) is 0 Å². The Kier molecular flexibility index (Phi) is 4.92. The average Bonchev–Trinajstić information content (AvgIpc) is 2.62. The van der Waals surface area contributed by atoms with E-state index in [1.807, 2.05) is 0 Å². The fourth-order valence-corrected chi connectivity index (χ4v) is 2.05. The molecule has 0 aromatic rings. The third-order valence-electron chi connectivity index (χ3n) is 2.86. The zero-order valence-corrected chi connectivity index (χ0v) is 9.12. The third kappa shape index (κ3) is 3.28. The van der Waals surface area contributed by atoms with Crippen LogP contribution in [-0.2, 0) is 4.74 Å². The third-order valence-corrected chi connectivity index (χ3v) is 2.86. The van der Waals surface area contributed by atoms with Gasteiger partial charge in [0.05, 0.1) is 12.0 Å². The van der Waals surface area contributed by atoms with E-state index in [2.05, 4.69) is 18.3 Å². The summed E-state index contributed by atoms with van der Waals surface area (Å²) in [4.78, 5) is 0. The lowest BCUT2D eigenvalue weighted by molar-refractivity contribution is 0.156. The number of nitrogens with one attached hydrogen (secondary N) is 1. The maximum Gasteiger partial charge on any atom is 0.0672 e. The highest BCUT2D eigenvalue weighted by Gasteiger charge is 2.26. The summed E-state index contributed by atoms with van der Waals surface area (Å²) in [7, 11) is 1.73. The van der Waals surface area contributed by atoms with Crippen LogP contribution in [0.1, 0.15) is 26.2 Å². The molecule has 0 radical (unpaired) electrons. The number of ether oxygens (including phenoxy) is 1. The van der Waals surface area contributed by atoms with Crippen molar-refractivity contribution in [3.8, 4) is 6.07 Å². The van der Waals surface area contributed by atoms with Crippen LogP contribution in [0.4, 0.5) is 0 Å². The Bertz CT molecular complexity index is 200. The van der Waals surface area contributed by atoms with Crippen molar-refractivity contribution >= 4 is 0 Å². The Morgan fingerprint density at radius 1 is 1.57 bits per heavy atom. The number of methoxy groups -OCH3 is 1. The molecule has 3 nitrogen and oxygen atoms in total. The van der Waals surface area contributed by atoms with Gasteiger partial charge in [-0.2, -0.15) is 5.26 Å². The Morgan fingerprint density at radius 2 is 2.36 bits per heavy atom. The summed E-state index contributed by atoms with van der Waals surface area (Å²) >= 11 is 0. The summed E-state index contributed by atoms with van der Waals surface area (Å²) in [5, 5.41) is 12.4. The van der Waals surface area contributed by atoms with Crippen LogP contribution in [-0.4, -0.2) is 26.3 Å². The molecule has 14 heavy (non-hydrogen) atoms. The van der Waals surface area contributed by atoms with Crippen molar-refractivity contribution in [1.82, 2.24) is 5.32 Å². The first-order valence-corrected chi connectivity index (χ1v) is 5.40. The smallest absolute Gasteiger partial charge is 0.0672 e. The van der Waals surface area contributed by atoms with Crippen molar-refractivity contribution in [2.45, 2.75) is 32.2 Å². The van der Waals surface area contributed by atoms with Gasteiger partial charge in [-0.3, -0.25) is 0 Å². The Balaban J connectivity index is 2.20. The molecule has 0 aliphatic heterocycles. The topological polar surface area (TPSA) is 45.0 Å². The van der Waals surface area contributed by atoms with Crippen LogP contribution in [0.15, 0.2) is 0 Å². The van der Waals surface area contributed by atoms with Crippen molar-refractivity contribution in [1.29, 1.82) is 5.26 Å². The minimum atomic E-state index is 0.227. The largest absolute Gasteiger partial charge is 0.384 e. The highest BCUT2D eigenvalue weighted by molar-refractivity contribution is 4.96. The van der Waals surface area contributed by atoms with E-state index in [-0.39, 0.29) is 5.92 Å². The molecule has 0 heterocycles. The van der Waals surface area contributed by atoms with Crippen LogP contribution in [0.3, 0.4) is 0 Å². The molecule has 3 heteroatoms. The van der Waals surface area contributed by atoms with E-state index in [1.54, 1.807) is 7.11 Å². The Morgan fingerprint density at radius 3 is 3.00 bits per heavy atom. The van der Waals surface area contributed by atoms with Gasteiger partial charge in [-0.25, -0.2) is 0 Å². The van der Waals surface area contributed by atoms with Gasteiger partial charge in [-0.1, -0.05) is 13.3 Å². The minimum Gasteiger partial charge on any atom is -0.384 e. The van der Waals surface area contributed by atoms with E-state index in [1.165, 1.54) is 6.42 Å². The van der Waals surface area contributed by atoms with Gasteiger partial charge in [0.25, 0.3) is 0 Å². The van der Waals surface area contributed by atoms with Crippen LogP contribution in [0.5, 0.6) is 0 Å². The molecule has 1 rings (SSSR count). The van der Waals surface area contributed by atoms with Crippen molar-refractivity contribution in [2.75, 3.05) is 20.3 Å². The molecule has 1 saturated carbocycles. The quantitative estimate of drug-likeness (QED) is 0.725. The molecule has 0 amide bonds. The molecule has 1 aliphatic carbocycles. The number of hydrogen-bond acceptors (Lipinski definition) is 3. The van der Waals surface area contributed by atoms with Gasteiger partial charge in [0.1, 0.15) is 0 Å². The summed E-state index contributed by atoms with van der Waals surface area (Å²) in [6, 6.07) is 2.79. The lowest BCUT2D eigenvalue weighted by atomic mass is 10.1. The van der Waals surface area contributed by atoms with Gasteiger partial charge in [-0.05, 0) is 18.8 Å². The average molecular weight is 196 g/mol. The molecule has 3 unspecified atom stereocenters. The molecular weight excluding hydrogens is 176 g/mol. The summed E-state index contributed by atoms with van der Waals surface area (Å²) in [6.07, 6.45) is 3.40. The molecule has 0 saturated heterocycles. The Labute approximate surface area is 86.4 Å². The number of rotatable bonds is 5. The fourth-order valence-electron chi connectivity index (χ4n) is 2.05. The first-order chi connectivity index (χ1) is 6.77. The maximum atomic E-state index is 8.89. The normalized spacial score (nSPS) is 28.6. The zero-order chi connectivity index (χ0) is 10.4. The van der Waals surface area contributed by atoms with Crippen LogP contribution in [0.25, 0.3) is 0 Å². The van der Waals surface area contributed by atoms with E-state index in [0.717, 1.165) is 26.0 Å². The first kappa shape index (κ1) is 11.5. The van der Waals surface area contributed by atoms with Crippen molar-refractivity contribution in [3.05, 3.63) is 0 Å². The molecule has 0 bridgehead atoms. The van der Waals surface area contributed by atoms with E-state index < -0.39 is 0 Å². The van der Waals surface area contributed by atoms with Crippen molar-refractivity contribution in [2.24, 2.45) is 11.8 Å². The summed E-state index contributed by atoms with van der Waals surface area (Å²) in [5.74, 6) is 0.754. The molecule has 0 aromatic carbocycles. The summed E-state index contributed by atoms with van der Waals surface area (Å²) in [5.41, 5.74) is 0. The standard InChI is InChI=1S/C11H20N2O/c1-9(8-14-2)7-13-11-5-3-4-10(11)6-12/h9-11,13H,3-5,7-8H2,1-2H3. The fraction of sp³-hybridized carbons (Fsp3) is 0.909. The summed E-state index contributed by atoms with van der Waals surface area (Å²) in [6.45, 7) is 3.90. The van der Waals surface area contributed by atoms with Gasteiger partial charge in [0.15, 0.2) is 0 Å². The monoisotopic (exact) mass is 196 g/mol. The molecular formula is C11H20N2O. The second-order valence-electron chi connectivity index (χ2n) is 4.24. The SMILES string of the molecule is COCC(C)CNC1CCCC1C#N. The lowest BCUT2D eigenvalue weighted by Crippen LogP contribution is -2.35. The highest BCUT2D eigenvalue weighted by atomic mass is 16.5. The molecule has 3 atom stereocenters. The molecule has 80 valence electrons. The number of nitrogens with zero attached hydrogens (tertiary/aromatic N) is 1. The lowest BCUT2D eigenvalue weighted by Gasteiger charge is -2.18. The number of nitriles is 1. The molecule has 1 N–H and O–H groups in total. The molecule has 0 aromatic heterocycles. The zero-order valence-electron chi connectivity index (χ0n) is 9.12. The van der Waals surface area contributed by atoms with Gasteiger partial charge in [0, 0.05) is 26.3 Å². The first-order valence-electron chi connectivity index (χ1n) is 5.40. The van der Waals surface area contributed by atoms with Crippen molar-refractivity contribution < 1.29 is 4.74 Å². The van der Waals surface area contributed by atoms with E-state index in [0.29, 0.717) is 12.0 Å². The number of hydrogen-bond donors (Lipinski definition) is 1. The van der Waals surface area contributed by atoms with Crippen molar-refractivity contribution in [3.63, 3.8) is 0 Å². The Hall–Kier alpha value is -0.590. The minimum absolute atomic E-state index is 0.227. The van der Waals surface area contributed by atoms with Gasteiger partial charge < -0.3 is 10.1 Å². The van der Waals surface area contributed by atoms with Gasteiger partial charge in [0.2, 0.25) is 0 Å². The highest BCUT2D eigenvalue weighted by Crippen LogP contribution is 2.24. The van der Waals surface area contributed by atoms with Crippen LogP contribution in [0.2, 0.25) is 0 Å². The molecule has 1 aliphatic rings.